The fraction of sp³-hybridized carbons (Fsp3) is 0.720. The highest BCUT2D eigenvalue weighted by molar-refractivity contribution is 6.26. The number of aliphatic hydroxyl groups excluding tert-OH is 1. The van der Waals surface area contributed by atoms with Crippen LogP contribution in [0.2, 0.25) is 0 Å². The topological polar surface area (TPSA) is 101 Å². The standard InChI is InChI=1S/C25H33ClO6/c1-5-21(30)32-13-20(29)25(31)14(2)10-18-17-7-6-15-11-16(27)8-9-22(15,3)24(17,26)19(28)12-23(18,25)4/h8-9,11,14,17-19,28,31H,5-7,10,12-13H2,1-4H3/t14-,17-,18-,19-,22-,23-,24-,25-/m0/s1. The molecule has 6 nitrogen and oxygen atoms in total. The lowest BCUT2D eigenvalue weighted by Crippen LogP contribution is -2.69. The van der Waals surface area contributed by atoms with E-state index < -0.39 is 45.8 Å². The van der Waals surface area contributed by atoms with Gasteiger partial charge in [0.05, 0.1) is 11.0 Å². The molecule has 32 heavy (non-hydrogen) atoms. The molecule has 3 saturated carbocycles. The summed E-state index contributed by atoms with van der Waals surface area (Å²) < 4.78 is 5.07. The monoisotopic (exact) mass is 464 g/mol. The molecule has 0 bridgehead atoms. The highest BCUT2D eigenvalue weighted by atomic mass is 35.5. The second-order valence-electron chi connectivity index (χ2n) is 10.6. The van der Waals surface area contributed by atoms with Crippen molar-refractivity contribution in [3.8, 4) is 0 Å². The minimum Gasteiger partial charge on any atom is -0.458 e. The van der Waals surface area contributed by atoms with Crippen LogP contribution in [0.5, 0.6) is 0 Å². The van der Waals surface area contributed by atoms with Crippen LogP contribution in [0.3, 0.4) is 0 Å². The normalized spacial score (nSPS) is 47.2. The smallest absolute Gasteiger partial charge is 0.305 e. The first-order chi connectivity index (χ1) is 14.9. The van der Waals surface area contributed by atoms with Crippen LogP contribution >= 0.6 is 11.6 Å². The quantitative estimate of drug-likeness (QED) is 0.489. The SMILES string of the molecule is CCC(=O)OCC(=O)[C@@]1(O)[C@@H](C)C[C@H]2[C@@H]3CCC4=CC(=O)C=C[C@]4(C)[C@@]3(Cl)[C@@H](O)C[C@@]21C. The summed E-state index contributed by atoms with van der Waals surface area (Å²) in [7, 11) is 0. The average molecular weight is 465 g/mol. The van der Waals surface area contributed by atoms with E-state index in [9.17, 15) is 24.6 Å². The summed E-state index contributed by atoms with van der Waals surface area (Å²) in [6, 6.07) is 0. The van der Waals surface area contributed by atoms with E-state index in [1.54, 1.807) is 13.0 Å². The van der Waals surface area contributed by atoms with Crippen molar-refractivity contribution in [3.05, 3.63) is 23.8 Å². The van der Waals surface area contributed by atoms with Gasteiger partial charge in [-0.3, -0.25) is 14.4 Å². The molecule has 3 fully saturated rings. The molecule has 0 aliphatic heterocycles. The maximum atomic E-state index is 13.2. The number of ether oxygens (including phenoxy) is 1. The fourth-order valence-electron chi connectivity index (χ4n) is 7.50. The van der Waals surface area contributed by atoms with E-state index in [2.05, 4.69) is 0 Å². The molecule has 0 spiro atoms. The van der Waals surface area contributed by atoms with Crippen molar-refractivity contribution < 1.29 is 29.3 Å². The van der Waals surface area contributed by atoms with Gasteiger partial charge < -0.3 is 14.9 Å². The highest BCUT2D eigenvalue weighted by Gasteiger charge is 2.74. The number of esters is 1. The van der Waals surface area contributed by atoms with Gasteiger partial charge >= 0.3 is 5.97 Å². The Hall–Kier alpha value is -1.50. The Kier molecular flexibility index (Phi) is 5.55. The number of carbonyl (C=O) groups excluding carboxylic acids is 3. The van der Waals surface area contributed by atoms with Gasteiger partial charge in [0.15, 0.2) is 12.4 Å². The van der Waals surface area contributed by atoms with Gasteiger partial charge in [0.25, 0.3) is 0 Å². The predicted octanol–water partition coefficient (Wildman–Crippen LogP) is 3.13. The third-order valence-corrected chi connectivity index (χ3v) is 10.2. The Balaban J connectivity index is 1.73. The third kappa shape index (κ3) is 2.82. The molecule has 0 aromatic heterocycles. The molecule has 0 aromatic carbocycles. The summed E-state index contributed by atoms with van der Waals surface area (Å²) in [6.45, 7) is 6.87. The van der Waals surface area contributed by atoms with Crippen molar-refractivity contribution in [3.63, 3.8) is 0 Å². The van der Waals surface area contributed by atoms with E-state index in [1.807, 2.05) is 26.8 Å². The number of Topliss-reactive ketones (excluding diaryl/α,β-unsaturated/α-hetero) is 1. The summed E-state index contributed by atoms with van der Waals surface area (Å²) in [5, 5.41) is 23.3. The lowest BCUT2D eigenvalue weighted by molar-refractivity contribution is -0.182. The summed E-state index contributed by atoms with van der Waals surface area (Å²) >= 11 is 7.37. The first-order valence-electron chi connectivity index (χ1n) is 11.6. The zero-order chi connectivity index (χ0) is 23.7. The molecule has 0 heterocycles. The van der Waals surface area contributed by atoms with Gasteiger partial charge in [-0.05, 0) is 55.6 Å². The zero-order valence-electron chi connectivity index (χ0n) is 19.2. The number of rotatable bonds is 4. The van der Waals surface area contributed by atoms with Crippen LogP contribution in [-0.4, -0.2) is 50.9 Å². The Bertz CT molecular complexity index is 925. The highest BCUT2D eigenvalue weighted by Crippen LogP contribution is 2.71. The summed E-state index contributed by atoms with van der Waals surface area (Å²) in [5.41, 5.74) is -2.38. The molecule has 176 valence electrons. The van der Waals surface area contributed by atoms with Crippen molar-refractivity contribution in [2.45, 2.75) is 76.4 Å². The minimum atomic E-state index is -1.72. The Morgan fingerprint density at radius 2 is 1.97 bits per heavy atom. The summed E-state index contributed by atoms with van der Waals surface area (Å²) in [4.78, 5) is 35.8. The molecule has 0 amide bonds. The van der Waals surface area contributed by atoms with Crippen LogP contribution in [0.1, 0.15) is 59.8 Å². The fourth-order valence-corrected chi connectivity index (χ4v) is 8.02. The van der Waals surface area contributed by atoms with Crippen molar-refractivity contribution in [2.24, 2.45) is 28.6 Å². The lowest BCUT2D eigenvalue weighted by atomic mass is 9.45. The minimum absolute atomic E-state index is 0.0672. The summed E-state index contributed by atoms with van der Waals surface area (Å²) in [5.74, 6) is -1.70. The molecule has 8 atom stereocenters. The molecule has 2 N–H and O–H groups in total. The molecular weight excluding hydrogens is 432 g/mol. The van der Waals surface area contributed by atoms with Gasteiger partial charge in [0.1, 0.15) is 5.60 Å². The van der Waals surface area contributed by atoms with Gasteiger partial charge in [-0.15, -0.1) is 11.6 Å². The maximum Gasteiger partial charge on any atom is 0.305 e. The number of carbonyl (C=O) groups is 3. The number of ketones is 2. The Labute approximate surface area is 194 Å². The average Bonchev–Trinajstić information content (AvgIpc) is 2.94. The molecular formula is C25H33ClO6. The second-order valence-corrected chi connectivity index (χ2v) is 11.2. The van der Waals surface area contributed by atoms with E-state index in [-0.39, 0.29) is 36.4 Å². The van der Waals surface area contributed by atoms with Crippen LogP contribution in [0.25, 0.3) is 0 Å². The molecule has 0 aromatic rings. The van der Waals surface area contributed by atoms with Crippen molar-refractivity contribution in [2.75, 3.05) is 6.61 Å². The number of allylic oxidation sites excluding steroid dienone is 4. The van der Waals surface area contributed by atoms with Gasteiger partial charge in [-0.25, -0.2) is 0 Å². The second kappa shape index (κ2) is 7.51. The summed E-state index contributed by atoms with van der Waals surface area (Å²) in [6.07, 6.45) is 6.24. The van der Waals surface area contributed by atoms with E-state index in [0.29, 0.717) is 19.3 Å². The van der Waals surface area contributed by atoms with Crippen LogP contribution in [-0.2, 0) is 19.1 Å². The number of halogens is 1. The first kappa shape index (κ1) is 23.7. The van der Waals surface area contributed by atoms with Crippen molar-refractivity contribution in [1.29, 1.82) is 0 Å². The Morgan fingerprint density at radius 3 is 2.62 bits per heavy atom. The molecule has 4 rings (SSSR count). The molecule has 4 aliphatic rings. The molecule has 7 heteroatoms. The third-order valence-electron chi connectivity index (χ3n) is 9.30. The van der Waals surface area contributed by atoms with Gasteiger partial charge in [0.2, 0.25) is 5.78 Å². The van der Waals surface area contributed by atoms with Crippen LogP contribution < -0.4 is 0 Å². The van der Waals surface area contributed by atoms with Gasteiger partial charge in [-0.2, -0.15) is 0 Å². The zero-order valence-corrected chi connectivity index (χ0v) is 19.9. The van der Waals surface area contributed by atoms with Gasteiger partial charge in [0, 0.05) is 17.3 Å². The largest absolute Gasteiger partial charge is 0.458 e. The van der Waals surface area contributed by atoms with E-state index in [4.69, 9.17) is 16.3 Å². The number of fused-ring (bicyclic) bond motifs is 5. The van der Waals surface area contributed by atoms with Gasteiger partial charge in [-0.1, -0.05) is 39.3 Å². The predicted molar refractivity (Wildman–Crippen MR) is 119 cm³/mol. The van der Waals surface area contributed by atoms with Crippen LogP contribution in [0, 0.1) is 28.6 Å². The molecule has 0 radical (unpaired) electrons. The van der Waals surface area contributed by atoms with E-state index >= 15 is 0 Å². The van der Waals surface area contributed by atoms with E-state index in [0.717, 1.165) is 5.57 Å². The maximum absolute atomic E-state index is 13.2. The first-order valence-corrected chi connectivity index (χ1v) is 12.0. The Morgan fingerprint density at radius 1 is 1.28 bits per heavy atom. The number of alkyl halides is 1. The van der Waals surface area contributed by atoms with Crippen molar-refractivity contribution in [1.82, 2.24) is 0 Å². The van der Waals surface area contributed by atoms with E-state index in [1.165, 1.54) is 6.08 Å². The number of aliphatic hydroxyl groups is 2. The number of hydrogen-bond donors (Lipinski definition) is 2. The molecule has 4 aliphatic carbocycles. The lowest BCUT2D eigenvalue weighted by Gasteiger charge is -2.63. The molecule has 0 unspecified atom stereocenters. The molecule has 0 saturated heterocycles. The number of hydrogen-bond acceptors (Lipinski definition) is 6. The van der Waals surface area contributed by atoms with Crippen LogP contribution in [0.15, 0.2) is 23.8 Å². The van der Waals surface area contributed by atoms with Crippen molar-refractivity contribution >= 4 is 29.1 Å². The van der Waals surface area contributed by atoms with Crippen LogP contribution in [0.4, 0.5) is 0 Å².